The van der Waals surface area contributed by atoms with Gasteiger partial charge in [0.2, 0.25) is 0 Å². The molecule has 1 saturated heterocycles. The smallest absolute Gasteiger partial charge is 0.416 e. The number of hydrogen-bond donors (Lipinski definition) is 1. The molecule has 2 rings (SSSR count). The average molecular weight is 345 g/mol. The Morgan fingerprint density at radius 3 is 2.54 bits per heavy atom. The summed E-state index contributed by atoms with van der Waals surface area (Å²) >= 11 is 0. The molecule has 1 aromatic carbocycles. The van der Waals surface area contributed by atoms with E-state index in [1.54, 1.807) is 0 Å². The maximum absolute atomic E-state index is 12.5. The van der Waals surface area contributed by atoms with Crippen LogP contribution in [0.4, 0.5) is 13.2 Å². The summed E-state index contributed by atoms with van der Waals surface area (Å²) in [6.45, 7) is 2.80. The van der Waals surface area contributed by atoms with Crippen LogP contribution in [0, 0.1) is 5.92 Å². The van der Waals surface area contributed by atoms with Gasteiger partial charge in [-0.15, -0.1) is 0 Å². The molecule has 0 unspecified atom stereocenters. The first kappa shape index (κ1) is 18.6. The van der Waals surface area contributed by atoms with Crippen LogP contribution in [0.15, 0.2) is 24.3 Å². The number of carboxylic acid groups (broad SMARTS) is 1. The topological polar surface area (TPSA) is 49.8 Å². The number of hydrogen-bond acceptors (Lipinski definition) is 3. The predicted octanol–water partition coefficient (Wildman–Crippen LogP) is 3.66. The zero-order valence-corrected chi connectivity index (χ0v) is 13.4. The van der Waals surface area contributed by atoms with Gasteiger partial charge in [-0.1, -0.05) is 0 Å². The highest BCUT2D eigenvalue weighted by molar-refractivity contribution is 5.67. The van der Waals surface area contributed by atoms with Gasteiger partial charge in [0.25, 0.3) is 0 Å². The summed E-state index contributed by atoms with van der Waals surface area (Å²) in [6.07, 6.45) is -1.39. The van der Waals surface area contributed by atoms with E-state index in [9.17, 15) is 18.0 Å². The number of carbonyl (C=O) groups is 1. The summed E-state index contributed by atoms with van der Waals surface area (Å²) in [5, 5.41) is 8.86. The maximum Gasteiger partial charge on any atom is 0.416 e. The first-order valence-electron chi connectivity index (χ1n) is 8.09. The predicted molar refractivity (Wildman–Crippen MR) is 83.0 cm³/mol. The Morgan fingerprint density at radius 1 is 1.21 bits per heavy atom. The summed E-state index contributed by atoms with van der Waals surface area (Å²) < 4.78 is 42.9. The number of alkyl halides is 3. The molecule has 7 heteroatoms. The molecule has 0 radical (unpaired) electrons. The highest BCUT2D eigenvalue weighted by atomic mass is 19.4. The van der Waals surface area contributed by atoms with Crippen molar-refractivity contribution in [3.8, 4) is 5.75 Å². The number of likely N-dealkylation sites (tertiary alicyclic amines) is 1. The Kier molecular flexibility index (Phi) is 6.48. The number of nitrogens with zero attached hydrogens (tertiary/aromatic N) is 1. The van der Waals surface area contributed by atoms with E-state index in [-0.39, 0.29) is 12.3 Å². The third-order valence-corrected chi connectivity index (χ3v) is 4.26. The molecule has 1 aromatic rings. The van der Waals surface area contributed by atoms with Crippen molar-refractivity contribution in [3.05, 3.63) is 29.8 Å². The quantitative estimate of drug-likeness (QED) is 0.855. The standard InChI is InChI=1S/C17H22F3NO3/c18-17(19,20)14-3-5-15(6-4-14)24-11-10-21-8-1-2-13(7-9-21)12-16(22)23/h3-6,13H,1-2,7-12H2,(H,22,23)/t13-/m0/s1. The van der Waals surface area contributed by atoms with Crippen molar-refractivity contribution in [1.29, 1.82) is 0 Å². The Labute approximate surface area is 139 Å². The Balaban J connectivity index is 1.73. The van der Waals surface area contributed by atoms with E-state index in [4.69, 9.17) is 9.84 Å². The van der Waals surface area contributed by atoms with Gasteiger partial charge in [0.05, 0.1) is 5.56 Å². The van der Waals surface area contributed by atoms with Gasteiger partial charge >= 0.3 is 12.1 Å². The van der Waals surface area contributed by atoms with Gasteiger partial charge in [0.1, 0.15) is 12.4 Å². The van der Waals surface area contributed by atoms with E-state index in [1.165, 1.54) is 12.1 Å². The SMILES string of the molecule is O=C(O)C[C@H]1CCCN(CCOc2ccc(C(F)(F)F)cc2)CC1. The summed E-state index contributed by atoms with van der Waals surface area (Å²) in [6, 6.07) is 4.68. The third kappa shape index (κ3) is 6.03. The van der Waals surface area contributed by atoms with Gasteiger partial charge in [0, 0.05) is 13.0 Å². The van der Waals surface area contributed by atoms with Gasteiger partial charge in [-0.05, 0) is 62.5 Å². The molecule has 1 fully saturated rings. The van der Waals surface area contributed by atoms with Crippen LogP contribution in [0.2, 0.25) is 0 Å². The zero-order valence-electron chi connectivity index (χ0n) is 13.4. The van der Waals surface area contributed by atoms with Gasteiger partial charge in [0.15, 0.2) is 0 Å². The van der Waals surface area contributed by atoms with E-state index in [0.717, 1.165) is 44.5 Å². The third-order valence-electron chi connectivity index (χ3n) is 4.26. The molecular formula is C17H22F3NO3. The first-order chi connectivity index (χ1) is 11.3. The molecular weight excluding hydrogens is 323 g/mol. The van der Waals surface area contributed by atoms with Crippen LogP contribution in [0.5, 0.6) is 5.75 Å². The van der Waals surface area contributed by atoms with E-state index < -0.39 is 17.7 Å². The molecule has 1 N–H and O–H groups in total. The molecule has 0 aromatic heterocycles. The number of ether oxygens (including phenoxy) is 1. The minimum absolute atomic E-state index is 0.218. The zero-order chi connectivity index (χ0) is 17.6. The molecule has 0 saturated carbocycles. The lowest BCUT2D eigenvalue weighted by Crippen LogP contribution is -2.29. The maximum atomic E-state index is 12.5. The highest BCUT2D eigenvalue weighted by Gasteiger charge is 2.30. The molecule has 4 nitrogen and oxygen atoms in total. The molecule has 1 atom stereocenters. The fourth-order valence-electron chi connectivity index (χ4n) is 2.93. The largest absolute Gasteiger partial charge is 0.492 e. The molecule has 0 aliphatic carbocycles. The highest BCUT2D eigenvalue weighted by Crippen LogP contribution is 2.30. The molecule has 24 heavy (non-hydrogen) atoms. The van der Waals surface area contributed by atoms with Crippen molar-refractivity contribution in [2.75, 3.05) is 26.2 Å². The van der Waals surface area contributed by atoms with Crippen LogP contribution in [0.25, 0.3) is 0 Å². The Bertz CT molecular complexity index is 531. The van der Waals surface area contributed by atoms with Crippen LogP contribution >= 0.6 is 0 Å². The van der Waals surface area contributed by atoms with Gasteiger partial charge < -0.3 is 9.84 Å². The van der Waals surface area contributed by atoms with E-state index >= 15 is 0 Å². The summed E-state index contributed by atoms with van der Waals surface area (Å²) in [7, 11) is 0. The van der Waals surface area contributed by atoms with Gasteiger partial charge in [-0.3, -0.25) is 9.69 Å². The monoisotopic (exact) mass is 345 g/mol. The van der Waals surface area contributed by atoms with Crippen LogP contribution in [0.1, 0.15) is 31.2 Å². The lowest BCUT2D eigenvalue weighted by atomic mass is 9.97. The molecule has 0 bridgehead atoms. The first-order valence-corrected chi connectivity index (χ1v) is 8.09. The second-order valence-corrected chi connectivity index (χ2v) is 6.11. The minimum Gasteiger partial charge on any atom is -0.492 e. The molecule has 1 aliphatic rings. The fraction of sp³-hybridized carbons (Fsp3) is 0.588. The Hall–Kier alpha value is -1.76. The van der Waals surface area contributed by atoms with E-state index in [2.05, 4.69) is 4.90 Å². The van der Waals surface area contributed by atoms with Crippen molar-refractivity contribution in [2.24, 2.45) is 5.92 Å². The fourth-order valence-corrected chi connectivity index (χ4v) is 2.93. The van der Waals surface area contributed by atoms with Gasteiger partial charge in [-0.2, -0.15) is 13.2 Å². The van der Waals surface area contributed by atoms with Gasteiger partial charge in [-0.25, -0.2) is 0 Å². The number of benzene rings is 1. The number of halogens is 3. The van der Waals surface area contributed by atoms with Crippen molar-refractivity contribution in [1.82, 2.24) is 4.90 Å². The number of rotatable bonds is 6. The lowest BCUT2D eigenvalue weighted by molar-refractivity contribution is -0.138. The Morgan fingerprint density at radius 2 is 1.92 bits per heavy atom. The lowest BCUT2D eigenvalue weighted by Gasteiger charge is -2.20. The van der Waals surface area contributed by atoms with Crippen molar-refractivity contribution >= 4 is 5.97 Å². The van der Waals surface area contributed by atoms with Crippen molar-refractivity contribution in [3.63, 3.8) is 0 Å². The van der Waals surface area contributed by atoms with Crippen molar-refractivity contribution in [2.45, 2.75) is 31.9 Å². The van der Waals surface area contributed by atoms with E-state index in [0.29, 0.717) is 18.9 Å². The normalized spacial score (nSPS) is 19.7. The van der Waals surface area contributed by atoms with Crippen molar-refractivity contribution < 1.29 is 27.8 Å². The average Bonchev–Trinajstić information content (AvgIpc) is 2.72. The molecule has 0 spiro atoms. The molecule has 1 aliphatic heterocycles. The summed E-state index contributed by atoms with van der Waals surface area (Å²) in [5.74, 6) is -0.107. The number of aliphatic carboxylic acids is 1. The van der Waals surface area contributed by atoms with Crippen LogP contribution in [-0.4, -0.2) is 42.2 Å². The van der Waals surface area contributed by atoms with Crippen LogP contribution < -0.4 is 4.74 Å². The van der Waals surface area contributed by atoms with E-state index in [1.807, 2.05) is 0 Å². The molecule has 0 amide bonds. The van der Waals surface area contributed by atoms with Crippen LogP contribution in [-0.2, 0) is 11.0 Å². The second kappa shape index (κ2) is 8.37. The summed E-state index contributed by atoms with van der Waals surface area (Å²) in [4.78, 5) is 13.0. The van der Waals surface area contributed by atoms with Crippen LogP contribution in [0.3, 0.4) is 0 Å². The number of carboxylic acids is 1. The second-order valence-electron chi connectivity index (χ2n) is 6.11. The molecule has 134 valence electrons. The summed E-state index contributed by atoms with van der Waals surface area (Å²) in [5.41, 5.74) is -0.688. The minimum atomic E-state index is -4.34. The molecule has 1 heterocycles.